The van der Waals surface area contributed by atoms with Crippen LogP contribution in [0.5, 0.6) is 17.2 Å². The van der Waals surface area contributed by atoms with Crippen LogP contribution in [0, 0.1) is 0 Å². The molecule has 0 bridgehead atoms. The number of hydrogen-bond donors (Lipinski definition) is 2. The van der Waals surface area contributed by atoms with Crippen molar-refractivity contribution in [1.29, 1.82) is 0 Å². The quantitative estimate of drug-likeness (QED) is 0.374. The molecule has 0 aromatic heterocycles. The van der Waals surface area contributed by atoms with Crippen LogP contribution in [0.2, 0.25) is 0 Å². The number of nitrogens with one attached hydrogen (secondary N) is 1. The smallest absolute Gasteiger partial charge is 0.347 e. The number of amides is 1. The summed E-state index contributed by atoms with van der Waals surface area (Å²) in [7, 11) is 1.58. The minimum Gasteiger partial charge on any atom is -0.507 e. The number of anilines is 1. The number of carbonyl (C=O) groups is 2. The number of phenols is 1. The van der Waals surface area contributed by atoms with Crippen molar-refractivity contribution < 1.29 is 24.2 Å². The van der Waals surface area contributed by atoms with E-state index >= 15 is 0 Å². The van der Waals surface area contributed by atoms with Crippen LogP contribution >= 0.6 is 0 Å². The van der Waals surface area contributed by atoms with Crippen molar-refractivity contribution >= 4 is 23.6 Å². The number of carbonyl (C=O) groups excluding carboxylic acids is 2. The van der Waals surface area contributed by atoms with Gasteiger partial charge in [-0.25, -0.2) is 4.79 Å². The monoisotopic (exact) mass is 389 g/mol. The van der Waals surface area contributed by atoms with Crippen LogP contribution < -0.4 is 14.8 Å². The average Bonchev–Trinajstić information content (AvgIpc) is 2.73. The Morgan fingerprint density at radius 2 is 1.66 bits per heavy atom. The van der Waals surface area contributed by atoms with E-state index in [1.165, 1.54) is 24.3 Å². The molecule has 0 saturated heterocycles. The van der Waals surface area contributed by atoms with Crippen LogP contribution in [0.25, 0.3) is 6.08 Å². The van der Waals surface area contributed by atoms with Crippen LogP contribution in [0.4, 0.5) is 5.69 Å². The molecular weight excluding hydrogens is 370 g/mol. The third-order valence-electron chi connectivity index (χ3n) is 3.98. The van der Waals surface area contributed by atoms with Crippen LogP contribution in [-0.4, -0.2) is 24.1 Å². The topological polar surface area (TPSA) is 84.9 Å². The van der Waals surface area contributed by atoms with Crippen molar-refractivity contribution in [3.8, 4) is 17.2 Å². The summed E-state index contributed by atoms with van der Waals surface area (Å²) in [5, 5.41) is 12.8. The average molecular weight is 389 g/mol. The van der Waals surface area contributed by atoms with E-state index in [4.69, 9.17) is 9.47 Å². The lowest BCUT2D eigenvalue weighted by atomic mass is 10.1. The Balaban J connectivity index is 1.62. The highest BCUT2D eigenvalue weighted by Gasteiger charge is 2.14. The number of ether oxygens (including phenoxy) is 2. The van der Waals surface area contributed by atoms with E-state index in [9.17, 15) is 14.7 Å². The lowest BCUT2D eigenvalue weighted by Crippen LogP contribution is -2.10. The van der Waals surface area contributed by atoms with Crippen molar-refractivity contribution in [2.24, 2.45) is 0 Å². The number of esters is 1. The highest BCUT2D eigenvalue weighted by Crippen LogP contribution is 2.24. The third kappa shape index (κ3) is 5.46. The van der Waals surface area contributed by atoms with E-state index < -0.39 is 5.97 Å². The van der Waals surface area contributed by atoms with E-state index in [0.717, 1.165) is 11.3 Å². The molecule has 29 heavy (non-hydrogen) atoms. The van der Waals surface area contributed by atoms with Crippen LogP contribution in [0.1, 0.15) is 15.9 Å². The summed E-state index contributed by atoms with van der Waals surface area (Å²) in [6, 6.07) is 20.0. The molecule has 3 aromatic rings. The SMILES string of the molecule is COc1ccc(C=CC(=O)Nc2ccc(C(=O)Oc3ccccc3)c(O)c2)cc1. The summed E-state index contributed by atoms with van der Waals surface area (Å²) in [6.45, 7) is 0. The van der Waals surface area contributed by atoms with E-state index in [2.05, 4.69) is 5.32 Å². The first-order chi connectivity index (χ1) is 14.0. The molecule has 0 radical (unpaired) electrons. The van der Waals surface area contributed by atoms with Gasteiger partial charge in [-0.3, -0.25) is 4.79 Å². The largest absolute Gasteiger partial charge is 0.507 e. The Morgan fingerprint density at radius 1 is 0.931 bits per heavy atom. The molecule has 0 saturated carbocycles. The van der Waals surface area contributed by atoms with Gasteiger partial charge in [0.2, 0.25) is 5.91 Å². The molecular formula is C23H19NO5. The van der Waals surface area contributed by atoms with Crippen molar-refractivity contribution in [3.05, 3.63) is 90.0 Å². The Labute approximate surface area is 168 Å². The molecule has 0 heterocycles. The van der Waals surface area contributed by atoms with Gasteiger partial charge in [-0.2, -0.15) is 0 Å². The van der Waals surface area contributed by atoms with Gasteiger partial charge in [-0.05, 0) is 48.0 Å². The molecule has 3 aromatic carbocycles. The maximum absolute atomic E-state index is 12.2. The van der Waals surface area contributed by atoms with Crippen molar-refractivity contribution in [2.75, 3.05) is 12.4 Å². The molecule has 0 aliphatic carbocycles. The zero-order valence-electron chi connectivity index (χ0n) is 15.7. The second kappa shape index (κ2) is 9.23. The van der Waals surface area contributed by atoms with Crippen molar-refractivity contribution in [3.63, 3.8) is 0 Å². The van der Waals surface area contributed by atoms with Crippen LogP contribution in [0.3, 0.4) is 0 Å². The maximum Gasteiger partial charge on any atom is 0.347 e. The third-order valence-corrected chi connectivity index (χ3v) is 3.98. The van der Waals surface area contributed by atoms with Crippen LogP contribution in [0.15, 0.2) is 78.9 Å². The number of phenolic OH excluding ortho intramolecular Hbond substituents is 1. The van der Waals surface area contributed by atoms with Gasteiger partial charge in [0.05, 0.1) is 7.11 Å². The van der Waals surface area contributed by atoms with Crippen molar-refractivity contribution in [1.82, 2.24) is 0 Å². The lowest BCUT2D eigenvalue weighted by molar-refractivity contribution is -0.111. The molecule has 0 unspecified atom stereocenters. The number of benzene rings is 3. The molecule has 6 nitrogen and oxygen atoms in total. The van der Waals surface area contributed by atoms with E-state index in [-0.39, 0.29) is 17.2 Å². The Morgan fingerprint density at radius 3 is 2.31 bits per heavy atom. The molecule has 3 rings (SSSR count). The van der Waals surface area contributed by atoms with E-state index in [1.54, 1.807) is 55.7 Å². The Kier molecular flexibility index (Phi) is 6.27. The number of methoxy groups -OCH3 is 1. The summed E-state index contributed by atoms with van der Waals surface area (Å²) >= 11 is 0. The second-order valence-electron chi connectivity index (χ2n) is 6.03. The van der Waals surface area contributed by atoms with Crippen LogP contribution in [-0.2, 0) is 4.79 Å². The molecule has 0 aliphatic heterocycles. The fourth-order valence-corrected chi connectivity index (χ4v) is 2.50. The zero-order valence-corrected chi connectivity index (χ0v) is 15.7. The number of rotatable bonds is 6. The van der Waals surface area contributed by atoms with Gasteiger partial charge in [-0.15, -0.1) is 0 Å². The van der Waals surface area contributed by atoms with Gasteiger partial charge in [-0.1, -0.05) is 30.3 Å². The molecule has 0 fully saturated rings. The first-order valence-corrected chi connectivity index (χ1v) is 8.78. The van der Waals surface area contributed by atoms with Gasteiger partial charge in [0.1, 0.15) is 22.8 Å². The predicted molar refractivity (Wildman–Crippen MR) is 110 cm³/mol. The van der Waals surface area contributed by atoms with E-state index in [1.807, 2.05) is 12.1 Å². The number of hydrogen-bond acceptors (Lipinski definition) is 5. The summed E-state index contributed by atoms with van der Waals surface area (Å²) in [4.78, 5) is 24.3. The molecule has 0 aliphatic rings. The Bertz CT molecular complexity index is 1030. The normalized spacial score (nSPS) is 10.5. The van der Waals surface area contributed by atoms with Gasteiger partial charge in [0, 0.05) is 17.8 Å². The van der Waals surface area contributed by atoms with Gasteiger partial charge >= 0.3 is 5.97 Å². The number of para-hydroxylation sites is 1. The summed E-state index contributed by atoms with van der Waals surface area (Å²) in [5.41, 5.74) is 1.19. The first-order valence-electron chi connectivity index (χ1n) is 8.78. The first kappa shape index (κ1) is 19.7. The maximum atomic E-state index is 12.2. The minimum absolute atomic E-state index is 0.000581. The van der Waals surface area contributed by atoms with E-state index in [0.29, 0.717) is 11.4 Å². The van der Waals surface area contributed by atoms with Gasteiger partial charge < -0.3 is 19.9 Å². The molecule has 146 valence electrons. The summed E-state index contributed by atoms with van der Waals surface area (Å²) < 4.78 is 10.3. The number of aromatic hydroxyl groups is 1. The molecule has 0 spiro atoms. The highest BCUT2D eigenvalue weighted by atomic mass is 16.5. The molecule has 2 N–H and O–H groups in total. The highest BCUT2D eigenvalue weighted by molar-refractivity contribution is 6.02. The molecule has 6 heteroatoms. The van der Waals surface area contributed by atoms with Crippen molar-refractivity contribution in [2.45, 2.75) is 0 Å². The predicted octanol–water partition coefficient (Wildman–Crippen LogP) is 4.27. The Hall–Kier alpha value is -4.06. The molecule has 1 amide bonds. The minimum atomic E-state index is -0.689. The van der Waals surface area contributed by atoms with Gasteiger partial charge in [0.25, 0.3) is 0 Å². The zero-order chi connectivity index (χ0) is 20.6. The second-order valence-corrected chi connectivity index (χ2v) is 6.03. The lowest BCUT2D eigenvalue weighted by Gasteiger charge is -2.08. The summed E-state index contributed by atoms with van der Waals surface area (Å²) in [6.07, 6.45) is 3.02. The standard InChI is InChI=1S/C23H19NO5/c1-28-18-11-7-16(8-12-18)9-14-22(26)24-17-10-13-20(21(25)15-17)23(27)29-19-5-3-2-4-6-19/h2-15,25H,1H3,(H,24,26). The fourth-order valence-electron chi connectivity index (χ4n) is 2.50. The summed E-state index contributed by atoms with van der Waals surface area (Å²) in [5.74, 6) is -0.250. The fraction of sp³-hybridized carbons (Fsp3) is 0.0435. The molecule has 0 atom stereocenters. The van der Waals surface area contributed by atoms with Gasteiger partial charge in [0.15, 0.2) is 0 Å².